The van der Waals surface area contributed by atoms with Crippen LogP contribution in [0.15, 0.2) is 41.0 Å². The number of nitrogens with zero attached hydrogens (tertiary/aromatic N) is 2. The first-order chi connectivity index (χ1) is 10.2. The summed E-state index contributed by atoms with van der Waals surface area (Å²) in [4.78, 5) is 3.95. The summed E-state index contributed by atoms with van der Waals surface area (Å²) in [5, 5.41) is 12.2. The molecule has 0 aliphatic rings. The Labute approximate surface area is 132 Å². The Morgan fingerprint density at radius 1 is 1.38 bits per heavy atom. The second-order valence-electron chi connectivity index (χ2n) is 4.46. The van der Waals surface area contributed by atoms with Crippen LogP contribution in [0, 0.1) is 11.3 Å². The van der Waals surface area contributed by atoms with Crippen molar-refractivity contribution in [3.05, 3.63) is 57.8 Å². The van der Waals surface area contributed by atoms with Crippen molar-refractivity contribution in [2.45, 2.75) is 20.1 Å². The van der Waals surface area contributed by atoms with Crippen LogP contribution in [0.25, 0.3) is 0 Å². The molecule has 0 bridgehead atoms. The van der Waals surface area contributed by atoms with Gasteiger partial charge in [-0.2, -0.15) is 5.26 Å². The molecule has 21 heavy (non-hydrogen) atoms. The Balaban J connectivity index is 2.13. The van der Waals surface area contributed by atoms with Gasteiger partial charge < -0.3 is 10.1 Å². The second-order valence-corrected chi connectivity index (χ2v) is 5.31. The lowest BCUT2D eigenvalue weighted by molar-refractivity contribution is 0.300. The zero-order chi connectivity index (χ0) is 15.1. The maximum absolute atomic E-state index is 8.86. The molecule has 0 aliphatic carbocycles. The van der Waals surface area contributed by atoms with Crippen LogP contribution < -0.4 is 10.1 Å². The maximum atomic E-state index is 8.86. The molecule has 108 valence electrons. The zero-order valence-electron chi connectivity index (χ0n) is 11.8. The molecule has 0 saturated heterocycles. The third-order valence-electron chi connectivity index (χ3n) is 2.94. The van der Waals surface area contributed by atoms with Gasteiger partial charge >= 0.3 is 0 Å². The molecule has 0 radical (unpaired) electrons. The first-order valence-corrected chi connectivity index (χ1v) is 7.49. The fraction of sp³-hybridized carbons (Fsp3) is 0.250. The molecule has 1 aromatic carbocycles. The van der Waals surface area contributed by atoms with Crippen LogP contribution in [0.4, 0.5) is 0 Å². The predicted octanol–water partition coefficient (Wildman–Crippen LogP) is 3.40. The van der Waals surface area contributed by atoms with Crippen molar-refractivity contribution >= 4 is 15.9 Å². The van der Waals surface area contributed by atoms with E-state index in [2.05, 4.69) is 33.2 Å². The number of hydrogen-bond acceptors (Lipinski definition) is 4. The van der Waals surface area contributed by atoms with Gasteiger partial charge in [0.2, 0.25) is 0 Å². The van der Waals surface area contributed by atoms with Crippen LogP contribution >= 0.6 is 15.9 Å². The Morgan fingerprint density at radius 3 is 3.00 bits per heavy atom. The van der Waals surface area contributed by atoms with Crippen LogP contribution in [0.2, 0.25) is 0 Å². The van der Waals surface area contributed by atoms with E-state index in [1.54, 1.807) is 12.3 Å². The van der Waals surface area contributed by atoms with E-state index in [1.807, 2.05) is 30.3 Å². The molecule has 0 atom stereocenters. The number of hydrogen-bond donors (Lipinski definition) is 1. The fourth-order valence-corrected chi connectivity index (χ4v) is 2.42. The van der Waals surface area contributed by atoms with Crippen molar-refractivity contribution in [3.8, 4) is 11.8 Å². The van der Waals surface area contributed by atoms with Crippen LogP contribution in [0.3, 0.4) is 0 Å². The minimum atomic E-state index is 0.399. The number of halogens is 1. The highest BCUT2D eigenvalue weighted by molar-refractivity contribution is 9.10. The highest BCUT2D eigenvalue weighted by atomic mass is 79.9. The molecule has 0 amide bonds. The van der Waals surface area contributed by atoms with Gasteiger partial charge in [0.1, 0.15) is 24.1 Å². The topological polar surface area (TPSA) is 57.9 Å². The molecule has 1 aromatic heterocycles. The molecule has 2 rings (SSSR count). The number of ether oxygens (including phenoxy) is 1. The Hall–Kier alpha value is -1.90. The lowest BCUT2D eigenvalue weighted by Gasteiger charge is -2.13. The molecule has 1 N–H and O–H groups in total. The third-order valence-corrected chi connectivity index (χ3v) is 3.56. The molecular weight excluding hydrogens is 330 g/mol. The Kier molecular flexibility index (Phi) is 5.73. The van der Waals surface area contributed by atoms with Crippen molar-refractivity contribution in [1.29, 1.82) is 5.26 Å². The van der Waals surface area contributed by atoms with Crippen molar-refractivity contribution in [2.75, 3.05) is 6.54 Å². The third kappa shape index (κ3) is 4.28. The molecule has 0 fully saturated rings. The van der Waals surface area contributed by atoms with Crippen LogP contribution in [0.5, 0.6) is 5.75 Å². The fourth-order valence-electron chi connectivity index (χ4n) is 1.89. The van der Waals surface area contributed by atoms with E-state index in [0.29, 0.717) is 12.3 Å². The van der Waals surface area contributed by atoms with Crippen LogP contribution in [0.1, 0.15) is 23.7 Å². The van der Waals surface area contributed by atoms with Gasteiger partial charge in [0.05, 0.1) is 4.47 Å². The van der Waals surface area contributed by atoms with Crippen molar-refractivity contribution in [2.24, 2.45) is 0 Å². The number of aromatic nitrogens is 1. The average Bonchev–Trinajstić information content (AvgIpc) is 2.52. The zero-order valence-corrected chi connectivity index (χ0v) is 13.4. The smallest absolute Gasteiger partial charge is 0.140 e. The summed E-state index contributed by atoms with van der Waals surface area (Å²) in [7, 11) is 0. The van der Waals surface area contributed by atoms with E-state index in [-0.39, 0.29) is 0 Å². The van der Waals surface area contributed by atoms with E-state index in [0.717, 1.165) is 34.4 Å². The number of para-hydroxylation sites is 1. The number of pyridine rings is 1. The minimum absolute atomic E-state index is 0.399. The lowest BCUT2D eigenvalue weighted by Crippen LogP contribution is -2.13. The predicted molar refractivity (Wildman–Crippen MR) is 84.8 cm³/mol. The van der Waals surface area contributed by atoms with Crippen molar-refractivity contribution in [1.82, 2.24) is 10.3 Å². The quantitative estimate of drug-likeness (QED) is 0.871. The summed E-state index contributed by atoms with van der Waals surface area (Å²) in [5.41, 5.74) is 2.42. The maximum Gasteiger partial charge on any atom is 0.140 e. The van der Waals surface area contributed by atoms with Gasteiger partial charge in [0.25, 0.3) is 0 Å². The van der Waals surface area contributed by atoms with E-state index in [4.69, 9.17) is 10.00 Å². The van der Waals surface area contributed by atoms with Gasteiger partial charge in [-0.15, -0.1) is 0 Å². The molecule has 0 aliphatic heterocycles. The Bertz CT molecular complexity index is 652. The van der Waals surface area contributed by atoms with E-state index in [1.165, 1.54) is 0 Å². The van der Waals surface area contributed by atoms with Gasteiger partial charge in [-0.1, -0.05) is 19.1 Å². The summed E-state index contributed by atoms with van der Waals surface area (Å²) < 4.78 is 6.85. The van der Waals surface area contributed by atoms with Gasteiger partial charge in [-0.25, -0.2) is 4.98 Å². The second kappa shape index (κ2) is 7.77. The monoisotopic (exact) mass is 345 g/mol. The first kappa shape index (κ1) is 15.5. The summed E-state index contributed by atoms with van der Waals surface area (Å²) in [6.45, 7) is 4.13. The number of benzene rings is 1. The van der Waals surface area contributed by atoms with E-state index < -0.39 is 0 Å². The average molecular weight is 346 g/mol. The van der Waals surface area contributed by atoms with Gasteiger partial charge in [0, 0.05) is 18.3 Å². The summed E-state index contributed by atoms with van der Waals surface area (Å²) in [5.74, 6) is 0.828. The van der Waals surface area contributed by atoms with Crippen LogP contribution in [-0.2, 0) is 13.2 Å². The SMILES string of the molecule is CCNCc1cccc(Br)c1OCc1ccnc(C#N)c1. The molecule has 0 unspecified atom stereocenters. The minimum Gasteiger partial charge on any atom is -0.487 e. The summed E-state index contributed by atoms with van der Waals surface area (Å²) in [6, 6.07) is 11.6. The van der Waals surface area contributed by atoms with Crippen molar-refractivity contribution < 1.29 is 4.74 Å². The van der Waals surface area contributed by atoms with Crippen LogP contribution in [-0.4, -0.2) is 11.5 Å². The number of nitriles is 1. The molecule has 0 saturated carbocycles. The van der Waals surface area contributed by atoms with E-state index >= 15 is 0 Å². The largest absolute Gasteiger partial charge is 0.487 e. The molecule has 0 spiro atoms. The normalized spacial score (nSPS) is 10.1. The first-order valence-electron chi connectivity index (χ1n) is 6.70. The molecule has 4 nitrogen and oxygen atoms in total. The van der Waals surface area contributed by atoms with Gasteiger partial charge in [0.15, 0.2) is 0 Å². The van der Waals surface area contributed by atoms with Gasteiger partial charge in [-0.3, -0.25) is 0 Å². The molecular formula is C16H16BrN3O. The number of rotatable bonds is 6. The molecule has 2 aromatic rings. The molecule has 1 heterocycles. The highest BCUT2D eigenvalue weighted by Crippen LogP contribution is 2.29. The van der Waals surface area contributed by atoms with Gasteiger partial charge in [-0.05, 0) is 46.2 Å². The van der Waals surface area contributed by atoms with E-state index in [9.17, 15) is 0 Å². The summed E-state index contributed by atoms with van der Waals surface area (Å²) >= 11 is 3.52. The van der Waals surface area contributed by atoms with Crippen molar-refractivity contribution in [3.63, 3.8) is 0 Å². The molecule has 5 heteroatoms. The number of nitrogens with one attached hydrogen (secondary N) is 1. The highest BCUT2D eigenvalue weighted by Gasteiger charge is 2.08. The lowest BCUT2D eigenvalue weighted by atomic mass is 10.2. The standard InChI is InChI=1S/C16H16BrN3O/c1-2-19-10-13-4-3-5-15(17)16(13)21-11-12-6-7-20-14(8-12)9-18/h3-8,19H,2,10-11H2,1H3. The Morgan fingerprint density at radius 2 is 2.24 bits per heavy atom. The summed E-state index contributed by atoms with van der Waals surface area (Å²) in [6.07, 6.45) is 1.62.